The van der Waals surface area contributed by atoms with Gasteiger partial charge < -0.3 is 9.47 Å². The van der Waals surface area contributed by atoms with Crippen LogP contribution in [-0.4, -0.2) is 30.1 Å². The van der Waals surface area contributed by atoms with Crippen LogP contribution >= 0.6 is 12.2 Å². The Morgan fingerprint density at radius 1 is 0.966 bits per heavy atom. The zero-order valence-corrected chi connectivity index (χ0v) is 17.3. The molecule has 0 aliphatic heterocycles. The van der Waals surface area contributed by atoms with Crippen LogP contribution in [0.15, 0.2) is 54.6 Å². The van der Waals surface area contributed by atoms with Crippen LogP contribution in [0, 0.1) is 5.92 Å². The molecule has 0 bridgehead atoms. The summed E-state index contributed by atoms with van der Waals surface area (Å²) in [5, 5.41) is 2.47. The van der Waals surface area contributed by atoms with Crippen molar-refractivity contribution in [3.8, 4) is 11.5 Å². The lowest BCUT2D eigenvalue weighted by Crippen LogP contribution is -2.49. The van der Waals surface area contributed by atoms with Gasteiger partial charge in [-0.3, -0.25) is 25.8 Å². The van der Waals surface area contributed by atoms with Gasteiger partial charge in [-0.1, -0.05) is 44.2 Å². The molecule has 0 spiro atoms. The van der Waals surface area contributed by atoms with E-state index >= 15 is 0 Å². The molecule has 2 aromatic rings. The zero-order chi connectivity index (χ0) is 21.1. The van der Waals surface area contributed by atoms with Crippen LogP contribution in [-0.2, 0) is 4.79 Å². The summed E-state index contributed by atoms with van der Waals surface area (Å²) in [5.74, 6) is 0.684. The number of ether oxygens (including phenoxy) is 2. The van der Waals surface area contributed by atoms with Crippen LogP contribution in [0.3, 0.4) is 0 Å². The lowest BCUT2D eigenvalue weighted by atomic mass is 10.1. The van der Waals surface area contributed by atoms with Crippen LogP contribution < -0.4 is 25.6 Å². The maximum Gasteiger partial charge on any atom is 0.276 e. The number of rotatable bonds is 8. The fourth-order valence-electron chi connectivity index (χ4n) is 2.21. The predicted octanol–water partition coefficient (Wildman–Crippen LogP) is 2.83. The van der Waals surface area contributed by atoms with Gasteiger partial charge in [-0.05, 0) is 48.8 Å². The Kier molecular flexibility index (Phi) is 8.91. The maximum absolute atomic E-state index is 12.5. The fraction of sp³-hybridized carbons (Fsp3) is 0.286. The Balaban J connectivity index is 1.78. The van der Waals surface area contributed by atoms with Crippen LogP contribution in [0.2, 0.25) is 0 Å². The largest absolute Gasteiger partial charge is 0.493 e. The number of carbonyl (C=O) groups excluding carboxylic acids is 2. The first-order chi connectivity index (χ1) is 14.0. The quantitative estimate of drug-likeness (QED) is 0.454. The summed E-state index contributed by atoms with van der Waals surface area (Å²) in [6, 6.07) is 15.9. The Bertz CT molecular complexity index is 828. The van der Waals surface area contributed by atoms with Crippen molar-refractivity contribution in [1.82, 2.24) is 16.2 Å². The molecule has 29 heavy (non-hydrogen) atoms. The van der Waals surface area contributed by atoms with Gasteiger partial charge in [0.05, 0.1) is 12.2 Å². The number of hydrogen-bond donors (Lipinski definition) is 3. The standard InChI is InChI=1S/C21H25N3O4S/c1-15(2)12-13-27-18-11-7-6-10-17(18)20(26)22-21(29)24-23-19(25)14-28-16-8-4-3-5-9-16/h3-11,15H,12-14H2,1-2H3,(H,23,25)(H2,22,24,26,29). The first-order valence-electron chi connectivity index (χ1n) is 9.25. The molecule has 2 rings (SSSR count). The highest BCUT2D eigenvalue weighted by atomic mass is 32.1. The van der Waals surface area contributed by atoms with E-state index in [-0.39, 0.29) is 11.7 Å². The molecule has 0 aliphatic rings. The molecule has 0 aliphatic carbocycles. The monoisotopic (exact) mass is 415 g/mol. The normalized spacial score (nSPS) is 10.2. The molecule has 8 heteroatoms. The molecule has 3 N–H and O–H groups in total. The number of nitrogens with one attached hydrogen (secondary N) is 3. The summed E-state index contributed by atoms with van der Waals surface area (Å²) in [6.07, 6.45) is 0.882. The van der Waals surface area contributed by atoms with Gasteiger partial charge in [0.25, 0.3) is 11.8 Å². The summed E-state index contributed by atoms with van der Waals surface area (Å²) in [6.45, 7) is 4.53. The minimum absolute atomic E-state index is 0.0416. The SMILES string of the molecule is CC(C)CCOc1ccccc1C(=O)NC(=S)NNC(=O)COc1ccccc1. The lowest BCUT2D eigenvalue weighted by Gasteiger charge is -2.14. The van der Waals surface area contributed by atoms with Gasteiger partial charge in [0, 0.05) is 0 Å². The number of para-hydroxylation sites is 2. The van der Waals surface area contributed by atoms with Gasteiger partial charge in [-0.2, -0.15) is 0 Å². The Hall–Kier alpha value is -3.13. The summed E-state index contributed by atoms with van der Waals surface area (Å²) >= 11 is 5.05. The van der Waals surface area contributed by atoms with Crippen molar-refractivity contribution in [2.75, 3.05) is 13.2 Å². The van der Waals surface area contributed by atoms with Gasteiger partial charge in [0.15, 0.2) is 11.7 Å². The van der Waals surface area contributed by atoms with Gasteiger partial charge in [-0.25, -0.2) is 0 Å². The van der Waals surface area contributed by atoms with E-state index in [1.165, 1.54) is 0 Å². The zero-order valence-electron chi connectivity index (χ0n) is 16.4. The third kappa shape index (κ3) is 8.18. The molecule has 0 radical (unpaired) electrons. The van der Waals surface area contributed by atoms with Gasteiger partial charge >= 0.3 is 0 Å². The van der Waals surface area contributed by atoms with Crippen LogP contribution in [0.4, 0.5) is 0 Å². The molecule has 0 atom stereocenters. The molecule has 2 aromatic carbocycles. The second-order valence-corrected chi connectivity index (χ2v) is 6.99. The van der Waals surface area contributed by atoms with Gasteiger partial charge in [-0.15, -0.1) is 0 Å². The number of thiocarbonyl (C=S) groups is 1. The number of hydrazine groups is 1. The maximum atomic E-state index is 12.5. The minimum atomic E-state index is -0.442. The molecule has 0 heterocycles. The topological polar surface area (TPSA) is 88.7 Å². The summed E-state index contributed by atoms with van der Waals surface area (Å²) in [4.78, 5) is 24.3. The molecule has 0 saturated carbocycles. The first kappa shape index (κ1) is 22.2. The number of carbonyl (C=O) groups is 2. The van der Waals surface area contributed by atoms with Crippen molar-refractivity contribution in [1.29, 1.82) is 0 Å². The number of amides is 2. The number of hydrogen-bond acceptors (Lipinski definition) is 5. The molecule has 0 unspecified atom stereocenters. The van der Waals surface area contributed by atoms with Crippen LogP contribution in [0.25, 0.3) is 0 Å². The summed E-state index contributed by atoms with van der Waals surface area (Å²) in [5.41, 5.74) is 5.21. The van der Waals surface area contributed by atoms with E-state index < -0.39 is 11.8 Å². The van der Waals surface area contributed by atoms with E-state index in [9.17, 15) is 9.59 Å². The second kappa shape index (κ2) is 11.7. The van der Waals surface area contributed by atoms with Crippen molar-refractivity contribution in [3.05, 3.63) is 60.2 Å². The van der Waals surface area contributed by atoms with Crippen molar-refractivity contribution in [2.45, 2.75) is 20.3 Å². The first-order valence-corrected chi connectivity index (χ1v) is 9.66. The molecule has 0 fully saturated rings. The van der Waals surface area contributed by atoms with Crippen molar-refractivity contribution in [2.24, 2.45) is 5.92 Å². The molecule has 7 nitrogen and oxygen atoms in total. The Labute approximate surface area is 175 Å². The van der Waals surface area contributed by atoms with Gasteiger partial charge in [0.1, 0.15) is 11.5 Å². The average Bonchev–Trinajstić information content (AvgIpc) is 2.71. The fourth-order valence-corrected chi connectivity index (χ4v) is 2.36. The minimum Gasteiger partial charge on any atom is -0.493 e. The van der Waals surface area contributed by atoms with Crippen LogP contribution in [0.5, 0.6) is 11.5 Å². The molecule has 0 saturated heterocycles. The van der Waals surface area contributed by atoms with E-state index in [1.54, 1.807) is 48.5 Å². The van der Waals surface area contributed by atoms with E-state index in [0.717, 1.165) is 6.42 Å². The summed E-state index contributed by atoms with van der Waals surface area (Å²) in [7, 11) is 0. The third-order valence-corrected chi connectivity index (χ3v) is 3.94. The molecule has 154 valence electrons. The summed E-state index contributed by atoms with van der Waals surface area (Å²) < 4.78 is 11.0. The molecule has 0 aromatic heterocycles. The van der Waals surface area contributed by atoms with E-state index in [4.69, 9.17) is 21.7 Å². The van der Waals surface area contributed by atoms with Crippen molar-refractivity contribution >= 4 is 29.1 Å². The lowest BCUT2D eigenvalue weighted by molar-refractivity contribution is -0.123. The van der Waals surface area contributed by atoms with Crippen LogP contribution in [0.1, 0.15) is 30.6 Å². The molecule has 2 amide bonds. The Morgan fingerprint density at radius 3 is 2.38 bits per heavy atom. The highest BCUT2D eigenvalue weighted by molar-refractivity contribution is 7.80. The smallest absolute Gasteiger partial charge is 0.276 e. The highest BCUT2D eigenvalue weighted by Crippen LogP contribution is 2.18. The highest BCUT2D eigenvalue weighted by Gasteiger charge is 2.14. The van der Waals surface area contributed by atoms with Gasteiger partial charge in [0.2, 0.25) is 0 Å². The molecular formula is C21H25N3O4S. The second-order valence-electron chi connectivity index (χ2n) is 6.59. The van der Waals surface area contributed by atoms with E-state index in [0.29, 0.717) is 29.6 Å². The average molecular weight is 416 g/mol. The van der Waals surface area contributed by atoms with Crippen molar-refractivity contribution in [3.63, 3.8) is 0 Å². The van der Waals surface area contributed by atoms with E-state index in [2.05, 4.69) is 30.0 Å². The third-order valence-electron chi connectivity index (χ3n) is 3.74. The predicted molar refractivity (Wildman–Crippen MR) is 115 cm³/mol. The van der Waals surface area contributed by atoms with Crippen molar-refractivity contribution < 1.29 is 19.1 Å². The Morgan fingerprint density at radius 2 is 1.66 bits per heavy atom. The number of benzene rings is 2. The van der Waals surface area contributed by atoms with E-state index in [1.807, 2.05) is 6.07 Å². The molecular weight excluding hydrogens is 390 g/mol.